The van der Waals surface area contributed by atoms with Gasteiger partial charge in [-0.05, 0) is 38.0 Å². The van der Waals surface area contributed by atoms with Crippen molar-refractivity contribution < 1.29 is 14.3 Å². The Morgan fingerprint density at radius 2 is 1.81 bits per heavy atom. The van der Waals surface area contributed by atoms with Gasteiger partial charge in [0.1, 0.15) is 0 Å². The molecule has 148 valence electrons. The number of ether oxygens (including phenoxy) is 1. The summed E-state index contributed by atoms with van der Waals surface area (Å²) in [5.74, 6) is -0.0445. The Kier molecular flexibility index (Phi) is 6.01. The van der Waals surface area contributed by atoms with Crippen molar-refractivity contribution in [3.8, 4) is 0 Å². The number of nitrogens with one attached hydrogen (secondary N) is 1. The van der Waals surface area contributed by atoms with Gasteiger partial charge in [0.2, 0.25) is 5.91 Å². The summed E-state index contributed by atoms with van der Waals surface area (Å²) in [5.41, 5.74) is 1.61. The van der Waals surface area contributed by atoms with Crippen molar-refractivity contribution in [1.29, 1.82) is 0 Å². The number of piperidine rings is 1. The number of morpholine rings is 1. The molecule has 2 saturated heterocycles. The Morgan fingerprint density at radius 3 is 2.44 bits per heavy atom. The average molecular weight is 374 g/mol. The summed E-state index contributed by atoms with van der Waals surface area (Å²) in [5, 5.41) is 2.97. The lowest BCUT2D eigenvalue weighted by atomic mass is 9.87. The Morgan fingerprint density at radius 1 is 1.15 bits per heavy atom. The quantitative estimate of drug-likeness (QED) is 0.882. The van der Waals surface area contributed by atoms with Crippen LogP contribution in [0.3, 0.4) is 0 Å². The third kappa shape index (κ3) is 4.59. The number of carbonyl (C=O) groups is 2. The Bertz CT molecular complexity index is 680. The van der Waals surface area contributed by atoms with Crippen LogP contribution in [0.2, 0.25) is 0 Å². The first-order valence-corrected chi connectivity index (χ1v) is 9.62. The number of urea groups is 1. The van der Waals surface area contributed by atoms with Crippen LogP contribution in [0.4, 0.5) is 16.2 Å². The normalized spacial score (nSPS) is 20.2. The van der Waals surface area contributed by atoms with Crippen molar-refractivity contribution in [2.75, 3.05) is 56.7 Å². The summed E-state index contributed by atoms with van der Waals surface area (Å²) in [7, 11) is 1.72. The fourth-order valence-electron chi connectivity index (χ4n) is 3.79. The zero-order valence-electron chi connectivity index (χ0n) is 16.5. The van der Waals surface area contributed by atoms with Gasteiger partial charge < -0.3 is 19.9 Å². The topological polar surface area (TPSA) is 65.1 Å². The number of hydrogen-bond donors (Lipinski definition) is 1. The highest BCUT2D eigenvalue weighted by molar-refractivity contribution is 5.93. The van der Waals surface area contributed by atoms with Gasteiger partial charge in [0.25, 0.3) is 0 Å². The van der Waals surface area contributed by atoms with E-state index in [1.807, 2.05) is 29.2 Å². The van der Waals surface area contributed by atoms with E-state index < -0.39 is 0 Å². The number of rotatable bonds is 3. The van der Waals surface area contributed by atoms with E-state index in [0.717, 1.165) is 57.9 Å². The molecule has 0 saturated carbocycles. The van der Waals surface area contributed by atoms with E-state index in [1.54, 1.807) is 11.9 Å². The van der Waals surface area contributed by atoms with Crippen molar-refractivity contribution in [2.24, 2.45) is 0 Å². The molecule has 2 fully saturated rings. The molecule has 2 heterocycles. The number of nitrogens with zero attached hydrogens (tertiary/aromatic N) is 3. The van der Waals surface area contributed by atoms with Gasteiger partial charge in [0, 0.05) is 57.1 Å². The largest absolute Gasteiger partial charge is 0.379 e. The van der Waals surface area contributed by atoms with Gasteiger partial charge >= 0.3 is 6.03 Å². The minimum atomic E-state index is -0.0818. The summed E-state index contributed by atoms with van der Waals surface area (Å²) < 4.78 is 5.46. The van der Waals surface area contributed by atoms with Crippen LogP contribution in [-0.2, 0) is 9.53 Å². The standard InChI is InChI=1S/C20H30N4O3/c1-16(25)22(3)18-6-4-5-17(15-18)21-19(26)23-9-7-20(2,8-10-23)24-11-13-27-14-12-24/h4-6,15H,7-14H2,1-3H3,(H,21,26). The number of anilines is 2. The van der Waals surface area contributed by atoms with E-state index in [-0.39, 0.29) is 17.5 Å². The maximum Gasteiger partial charge on any atom is 0.321 e. The molecule has 0 spiro atoms. The summed E-state index contributed by atoms with van der Waals surface area (Å²) in [6.07, 6.45) is 1.93. The van der Waals surface area contributed by atoms with Crippen LogP contribution < -0.4 is 10.2 Å². The van der Waals surface area contributed by atoms with Crippen molar-refractivity contribution >= 4 is 23.3 Å². The Labute approximate surface area is 161 Å². The molecule has 0 bridgehead atoms. The van der Waals surface area contributed by atoms with Gasteiger partial charge in [-0.25, -0.2) is 4.79 Å². The summed E-state index contributed by atoms with van der Waals surface area (Å²) in [4.78, 5) is 30.2. The van der Waals surface area contributed by atoms with E-state index >= 15 is 0 Å². The molecule has 1 N–H and O–H groups in total. The van der Waals surface area contributed by atoms with Crippen molar-refractivity contribution in [1.82, 2.24) is 9.80 Å². The molecule has 7 nitrogen and oxygen atoms in total. The molecule has 3 rings (SSSR count). The van der Waals surface area contributed by atoms with E-state index in [9.17, 15) is 9.59 Å². The highest BCUT2D eigenvalue weighted by Crippen LogP contribution is 2.29. The maximum atomic E-state index is 12.7. The average Bonchev–Trinajstić information content (AvgIpc) is 2.68. The predicted octanol–water partition coefficient (Wildman–Crippen LogP) is 2.39. The number of benzene rings is 1. The molecule has 2 aliphatic heterocycles. The summed E-state index contributed by atoms with van der Waals surface area (Å²) in [6.45, 7) is 8.84. The fourth-order valence-corrected chi connectivity index (χ4v) is 3.79. The fraction of sp³-hybridized carbons (Fsp3) is 0.600. The molecule has 0 aliphatic carbocycles. The second-order valence-corrected chi connectivity index (χ2v) is 7.64. The van der Waals surface area contributed by atoms with Crippen LogP contribution >= 0.6 is 0 Å². The molecule has 1 aromatic rings. The molecule has 1 aromatic carbocycles. The number of carbonyl (C=O) groups excluding carboxylic acids is 2. The third-order valence-electron chi connectivity index (χ3n) is 5.86. The number of likely N-dealkylation sites (tertiary alicyclic amines) is 1. The van der Waals surface area contributed by atoms with E-state index in [0.29, 0.717) is 5.69 Å². The van der Waals surface area contributed by atoms with Crippen molar-refractivity contribution in [2.45, 2.75) is 32.2 Å². The van der Waals surface area contributed by atoms with E-state index in [4.69, 9.17) is 4.74 Å². The maximum absolute atomic E-state index is 12.7. The van der Waals surface area contributed by atoms with Gasteiger partial charge in [0.15, 0.2) is 0 Å². The molecule has 3 amide bonds. The zero-order chi connectivity index (χ0) is 19.4. The number of amides is 3. The highest BCUT2D eigenvalue weighted by atomic mass is 16.5. The monoisotopic (exact) mass is 374 g/mol. The number of hydrogen-bond acceptors (Lipinski definition) is 4. The van der Waals surface area contributed by atoms with Crippen LogP contribution in [-0.4, -0.2) is 73.7 Å². The van der Waals surface area contributed by atoms with Crippen molar-refractivity contribution in [3.05, 3.63) is 24.3 Å². The summed E-state index contributed by atoms with van der Waals surface area (Å²) in [6, 6.07) is 7.28. The Hall–Kier alpha value is -2.12. The first-order chi connectivity index (χ1) is 12.9. The van der Waals surface area contributed by atoms with Gasteiger partial charge in [-0.2, -0.15) is 0 Å². The van der Waals surface area contributed by atoms with E-state index in [2.05, 4.69) is 17.1 Å². The second-order valence-electron chi connectivity index (χ2n) is 7.64. The van der Waals surface area contributed by atoms with Crippen LogP contribution in [0.25, 0.3) is 0 Å². The van der Waals surface area contributed by atoms with Crippen LogP contribution in [0.15, 0.2) is 24.3 Å². The minimum Gasteiger partial charge on any atom is -0.379 e. The molecular formula is C20H30N4O3. The first kappa shape index (κ1) is 19.6. The molecule has 0 unspecified atom stereocenters. The first-order valence-electron chi connectivity index (χ1n) is 9.62. The SMILES string of the molecule is CC(=O)N(C)c1cccc(NC(=O)N2CCC(C)(N3CCOCC3)CC2)c1. The zero-order valence-corrected chi connectivity index (χ0v) is 16.5. The smallest absolute Gasteiger partial charge is 0.321 e. The van der Waals surface area contributed by atoms with E-state index in [1.165, 1.54) is 6.92 Å². The molecule has 27 heavy (non-hydrogen) atoms. The lowest BCUT2D eigenvalue weighted by Gasteiger charge is -2.48. The minimum absolute atomic E-state index is 0.0445. The van der Waals surface area contributed by atoms with Crippen LogP contribution in [0.1, 0.15) is 26.7 Å². The van der Waals surface area contributed by atoms with Crippen molar-refractivity contribution in [3.63, 3.8) is 0 Å². The molecule has 7 heteroatoms. The molecule has 0 atom stereocenters. The highest BCUT2D eigenvalue weighted by Gasteiger charge is 2.37. The molecular weight excluding hydrogens is 344 g/mol. The van der Waals surface area contributed by atoms with Gasteiger partial charge in [0.05, 0.1) is 13.2 Å². The van der Waals surface area contributed by atoms with Gasteiger partial charge in [-0.3, -0.25) is 9.69 Å². The molecule has 0 radical (unpaired) electrons. The second kappa shape index (κ2) is 8.27. The van der Waals surface area contributed by atoms with Gasteiger partial charge in [-0.15, -0.1) is 0 Å². The lowest BCUT2D eigenvalue weighted by Crippen LogP contribution is -2.57. The predicted molar refractivity (Wildman–Crippen MR) is 106 cm³/mol. The Balaban J connectivity index is 1.57. The van der Waals surface area contributed by atoms with Crippen LogP contribution in [0.5, 0.6) is 0 Å². The van der Waals surface area contributed by atoms with Crippen LogP contribution in [0, 0.1) is 0 Å². The third-order valence-corrected chi connectivity index (χ3v) is 5.86. The summed E-state index contributed by atoms with van der Waals surface area (Å²) >= 11 is 0. The molecule has 2 aliphatic rings. The molecule has 0 aromatic heterocycles. The lowest BCUT2D eigenvalue weighted by molar-refractivity contribution is -0.116. The van der Waals surface area contributed by atoms with Gasteiger partial charge in [-0.1, -0.05) is 6.07 Å².